The Kier molecular flexibility index (Phi) is 5.12. The molecule has 0 saturated carbocycles. The molecule has 0 saturated heterocycles. The minimum atomic E-state index is -0.196. The summed E-state index contributed by atoms with van der Waals surface area (Å²) in [6.07, 6.45) is 1.14. The first kappa shape index (κ1) is 12.0. The Labute approximate surface area is 90.9 Å². The maximum absolute atomic E-state index is 12.6. The Morgan fingerprint density at radius 1 is 1.20 bits per heavy atom. The maximum atomic E-state index is 12.6. The average Bonchev–Trinajstić information content (AvgIpc) is 2.26. The van der Waals surface area contributed by atoms with Crippen LogP contribution in [0.15, 0.2) is 24.3 Å². The number of halogens is 1. The molecule has 1 rings (SSSR count). The van der Waals surface area contributed by atoms with Crippen molar-refractivity contribution < 1.29 is 4.39 Å². The lowest BCUT2D eigenvalue weighted by Crippen LogP contribution is -2.30. The zero-order valence-corrected chi connectivity index (χ0v) is 9.39. The zero-order valence-electron chi connectivity index (χ0n) is 9.39. The first-order valence-electron chi connectivity index (χ1n) is 5.45. The summed E-state index contributed by atoms with van der Waals surface area (Å²) in [6.45, 7) is 6.10. The van der Waals surface area contributed by atoms with Crippen molar-refractivity contribution >= 4 is 5.69 Å². The van der Waals surface area contributed by atoms with Gasteiger partial charge >= 0.3 is 0 Å². The van der Waals surface area contributed by atoms with Crippen LogP contribution in [0.5, 0.6) is 0 Å². The molecule has 1 aromatic rings. The fourth-order valence-corrected chi connectivity index (χ4v) is 1.24. The van der Waals surface area contributed by atoms with Gasteiger partial charge in [-0.3, -0.25) is 0 Å². The van der Waals surface area contributed by atoms with E-state index in [9.17, 15) is 4.39 Å². The van der Waals surface area contributed by atoms with E-state index < -0.39 is 0 Å². The smallest absolute Gasteiger partial charge is 0.123 e. The van der Waals surface area contributed by atoms with E-state index in [0.717, 1.165) is 25.2 Å². The Morgan fingerprint density at radius 3 is 2.47 bits per heavy atom. The van der Waals surface area contributed by atoms with Crippen molar-refractivity contribution in [2.24, 2.45) is 0 Å². The Hall–Kier alpha value is -1.09. The predicted octanol–water partition coefficient (Wildman–Crippen LogP) is 2.63. The molecular formula is C12H19FN2. The van der Waals surface area contributed by atoms with E-state index >= 15 is 0 Å². The van der Waals surface area contributed by atoms with Crippen LogP contribution < -0.4 is 10.6 Å². The Morgan fingerprint density at radius 2 is 1.87 bits per heavy atom. The first-order chi connectivity index (χ1) is 7.22. The molecule has 0 amide bonds. The molecule has 0 aliphatic carbocycles. The van der Waals surface area contributed by atoms with Gasteiger partial charge in [-0.05, 0) is 37.6 Å². The monoisotopic (exact) mass is 210 g/mol. The average molecular weight is 210 g/mol. The lowest BCUT2D eigenvalue weighted by Gasteiger charge is -2.12. The highest BCUT2D eigenvalue weighted by Crippen LogP contribution is 2.07. The molecule has 0 fully saturated rings. The third-order valence-corrected chi connectivity index (χ3v) is 2.40. The lowest BCUT2D eigenvalue weighted by molar-refractivity contribution is 0.546. The fraction of sp³-hybridized carbons (Fsp3) is 0.500. The quantitative estimate of drug-likeness (QED) is 0.705. The van der Waals surface area contributed by atoms with E-state index in [-0.39, 0.29) is 5.82 Å². The highest BCUT2D eigenvalue weighted by Gasteiger charge is 1.96. The van der Waals surface area contributed by atoms with Crippen LogP contribution in [0, 0.1) is 5.82 Å². The second kappa shape index (κ2) is 6.40. The van der Waals surface area contributed by atoms with Gasteiger partial charge in [-0.2, -0.15) is 0 Å². The SMILES string of the molecule is CCC(C)NCCNc1ccc(F)cc1. The van der Waals surface area contributed by atoms with Crippen LogP contribution in [0.1, 0.15) is 20.3 Å². The molecule has 2 N–H and O–H groups in total. The predicted molar refractivity (Wildman–Crippen MR) is 62.6 cm³/mol. The van der Waals surface area contributed by atoms with Crippen molar-refractivity contribution in [1.82, 2.24) is 5.32 Å². The Bertz CT molecular complexity index is 271. The molecular weight excluding hydrogens is 191 g/mol. The molecule has 0 heterocycles. The molecule has 1 aromatic carbocycles. The van der Waals surface area contributed by atoms with Crippen LogP contribution in [0.2, 0.25) is 0 Å². The van der Waals surface area contributed by atoms with E-state index in [1.807, 2.05) is 0 Å². The standard InChI is InChI=1S/C12H19FN2/c1-3-10(2)14-8-9-15-12-6-4-11(13)5-7-12/h4-7,10,14-15H,3,8-9H2,1-2H3. The number of benzene rings is 1. The normalized spacial score (nSPS) is 12.5. The fourth-order valence-electron chi connectivity index (χ4n) is 1.24. The van der Waals surface area contributed by atoms with Crippen molar-refractivity contribution in [2.45, 2.75) is 26.3 Å². The molecule has 0 spiro atoms. The van der Waals surface area contributed by atoms with Gasteiger partial charge in [-0.25, -0.2) is 4.39 Å². The zero-order chi connectivity index (χ0) is 11.1. The topological polar surface area (TPSA) is 24.1 Å². The van der Waals surface area contributed by atoms with Gasteiger partial charge in [0.2, 0.25) is 0 Å². The number of hydrogen-bond acceptors (Lipinski definition) is 2. The van der Waals surface area contributed by atoms with Gasteiger partial charge in [0.05, 0.1) is 0 Å². The summed E-state index contributed by atoms with van der Waals surface area (Å²) in [4.78, 5) is 0. The van der Waals surface area contributed by atoms with Gasteiger partial charge in [0, 0.05) is 24.8 Å². The summed E-state index contributed by atoms with van der Waals surface area (Å²) in [6, 6.07) is 6.98. The van der Waals surface area contributed by atoms with Crippen LogP contribution in [0.3, 0.4) is 0 Å². The summed E-state index contributed by atoms with van der Waals surface area (Å²) < 4.78 is 12.6. The minimum Gasteiger partial charge on any atom is -0.384 e. The van der Waals surface area contributed by atoms with Crippen molar-refractivity contribution in [2.75, 3.05) is 18.4 Å². The summed E-state index contributed by atoms with van der Waals surface area (Å²) in [7, 11) is 0. The van der Waals surface area contributed by atoms with Crippen LogP contribution in [-0.2, 0) is 0 Å². The van der Waals surface area contributed by atoms with Crippen molar-refractivity contribution in [3.8, 4) is 0 Å². The van der Waals surface area contributed by atoms with Crippen molar-refractivity contribution in [1.29, 1.82) is 0 Å². The summed E-state index contributed by atoms with van der Waals surface area (Å²) in [5.41, 5.74) is 0.961. The second-order valence-corrected chi connectivity index (χ2v) is 3.70. The molecule has 3 heteroatoms. The number of anilines is 1. The van der Waals surface area contributed by atoms with Crippen molar-refractivity contribution in [3.63, 3.8) is 0 Å². The van der Waals surface area contributed by atoms with E-state index in [0.29, 0.717) is 6.04 Å². The molecule has 2 nitrogen and oxygen atoms in total. The molecule has 1 unspecified atom stereocenters. The molecule has 0 aliphatic rings. The van der Waals surface area contributed by atoms with Crippen molar-refractivity contribution in [3.05, 3.63) is 30.1 Å². The largest absolute Gasteiger partial charge is 0.384 e. The second-order valence-electron chi connectivity index (χ2n) is 3.70. The molecule has 84 valence electrons. The summed E-state index contributed by atoms with van der Waals surface area (Å²) in [5, 5.41) is 6.60. The van der Waals surface area contributed by atoms with E-state index in [1.54, 1.807) is 12.1 Å². The molecule has 0 aromatic heterocycles. The molecule has 15 heavy (non-hydrogen) atoms. The summed E-state index contributed by atoms with van der Waals surface area (Å²) in [5.74, 6) is -0.196. The number of rotatable bonds is 6. The summed E-state index contributed by atoms with van der Waals surface area (Å²) >= 11 is 0. The van der Waals surface area contributed by atoms with Crippen LogP contribution in [-0.4, -0.2) is 19.1 Å². The van der Waals surface area contributed by atoms with E-state index in [2.05, 4.69) is 24.5 Å². The van der Waals surface area contributed by atoms with Gasteiger partial charge in [0.25, 0.3) is 0 Å². The van der Waals surface area contributed by atoms with Gasteiger partial charge in [0.1, 0.15) is 5.82 Å². The maximum Gasteiger partial charge on any atom is 0.123 e. The highest BCUT2D eigenvalue weighted by molar-refractivity contribution is 5.42. The Balaban J connectivity index is 2.17. The third-order valence-electron chi connectivity index (χ3n) is 2.40. The van der Waals surface area contributed by atoms with Crippen LogP contribution in [0.4, 0.5) is 10.1 Å². The van der Waals surface area contributed by atoms with Crippen LogP contribution >= 0.6 is 0 Å². The van der Waals surface area contributed by atoms with Gasteiger partial charge in [-0.1, -0.05) is 6.92 Å². The number of hydrogen-bond donors (Lipinski definition) is 2. The van der Waals surface area contributed by atoms with Gasteiger partial charge < -0.3 is 10.6 Å². The molecule has 1 atom stereocenters. The minimum absolute atomic E-state index is 0.196. The lowest BCUT2D eigenvalue weighted by atomic mass is 10.2. The number of nitrogens with one attached hydrogen (secondary N) is 2. The first-order valence-corrected chi connectivity index (χ1v) is 5.45. The van der Waals surface area contributed by atoms with E-state index in [1.165, 1.54) is 12.1 Å². The van der Waals surface area contributed by atoms with Gasteiger partial charge in [-0.15, -0.1) is 0 Å². The molecule has 0 aliphatic heterocycles. The van der Waals surface area contributed by atoms with E-state index in [4.69, 9.17) is 0 Å². The molecule has 0 bridgehead atoms. The van der Waals surface area contributed by atoms with Crippen LogP contribution in [0.25, 0.3) is 0 Å². The molecule has 0 radical (unpaired) electrons. The highest BCUT2D eigenvalue weighted by atomic mass is 19.1. The van der Waals surface area contributed by atoms with Gasteiger partial charge in [0.15, 0.2) is 0 Å². The third kappa shape index (κ3) is 4.79.